The highest BCUT2D eigenvalue weighted by Crippen LogP contribution is 2.27. The molecule has 0 bridgehead atoms. The maximum atomic E-state index is 12.6. The highest BCUT2D eigenvalue weighted by molar-refractivity contribution is 5.79. The first kappa shape index (κ1) is 14.8. The molecule has 0 aromatic carbocycles. The van der Waals surface area contributed by atoms with Crippen LogP contribution in [-0.4, -0.2) is 29.9 Å². The molecule has 2 N–H and O–H groups in total. The molecule has 1 amide bonds. The molecule has 19 heavy (non-hydrogen) atoms. The third-order valence-electron chi connectivity index (χ3n) is 4.98. The van der Waals surface area contributed by atoms with Crippen molar-refractivity contribution < 1.29 is 4.79 Å². The third-order valence-corrected chi connectivity index (χ3v) is 4.98. The van der Waals surface area contributed by atoms with E-state index in [4.69, 9.17) is 5.73 Å². The lowest BCUT2D eigenvalue weighted by Gasteiger charge is -2.30. The Morgan fingerprint density at radius 1 is 1.11 bits per heavy atom. The summed E-state index contributed by atoms with van der Waals surface area (Å²) in [6.07, 6.45) is 10.4. The number of rotatable bonds is 3. The van der Waals surface area contributed by atoms with E-state index in [0.717, 1.165) is 44.7 Å². The van der Waals surface area contributed by atoms with Crippen LogP contribution in [0.25, 0.3) is 0 Å². The van der Waals surface area contributed by atoms with Gasteiger partial charge in [0.1, 0.15) is 0 Å². The number of carbonyl (C=O) groups excluding carboxylic acids is 1. The zero-order valence-corrected chi connectivity index (χ0v) is 12.4. The van der Waals surface area contributed by atoms with E-state index in [0.29, 0.717) is 11.9 Å². The number of amides is 1. The standard InChI is InChI=1S/C16H30N2O/c1-2-4-13-5-3-11-18(12-10-13)16(19)14-6-8-15(17)9-7-14/h13-15H,2-12,17H2,1H3. The lowest BCUT2D eigenvalue weighted by Crippen LogP contribution is -2.40. The minimum atomic E-state index is 0.266. The van der Waals surface area contributed by atoms with Gasteiger partial charge in [-0.2, -0.15) is 0 Å². The molecule has 0 spiro atoms. The number of carbonyl (C=O) groups is 1. The largest absolute Gasteiger partial charge is 0.342 e. The van der Waals surface area contributed by atoms with Crippen LogP contribution in [0.15, 0.2) is 0 Å². The van der Waals surface area contributed by atoms with E-state index in [9.17, 15) is 4.79 Å². The van der Waals surface area contributed by atoms with Crippen molar-refractivity contribution in [3.05, 3.63) is 0 Å². The van der Waals surface area contributed by atoms with Crippen molar-refractivity contribution in [3.63, 3.8) is 0 Å². The van der Waals surface area contributed by atoms with E-state index in [1.807, 2.05) is 0 Å². The number of hydrogen-bond donors (Lipinski definition) is 1. The van der Waals surface area contributed by atoms with E-state index in [2.05, 4.69) is 11.8 Å². The second kappa shape index (κ2) is 7.28. The van der Waals surface area contributed by atoms with E-state index in [1.54, 1.807) is 0 Å². The molecule has 1 atom stereocenters. The Hall–Kier alpha value is -0.570. The van der Waals surface area contributed by atoms with E-state index in [1.165, 1.54) is 32.1 Å². The fraction of sp³-hybridized carbons (Fsp3) is 0.938. The Kier molecular flexibility index (Phi) is 5.68. The van der Waals surface area contributed by atoms with Crippen LogP contribution in [0.4, 0.5) is 0 Å². The molecule has 0 aromatic rings. The van der Waals surface area contributed by atoms with Gasteiger partial charge in [0.05, 0.1) is 0 Å². The van der Waals surface area contributed by atoms with Crippen LogP contribution in [0.1, 0.15) is 64.7 Å². The monoisotopic (exact) mass is 266 g/mol. The first-order chi connectivity index (χ1) is 9.20. The summed E-state index contributed by atoms with van der Waals surface area (Å²) in [4.78, 5) is 14.7. The molecule has 2 rings (SSSR count). The van der Waals surface area contributed by atoms with Gasteiger partial charge in [0.25, 0.3) is 0 Å². The summed E-state index contributed by atoms with van der Waals surface area (Å²) in [5.74, 6) is 1.54. The van der Waals surface area contributed by atoms with Crippen LogP contribution in [0, 0.1) is 11.8 Å². The van der Waals surface area contributed by atoms with Crippen LogP contribution in [0.3, 0.4) is 0 Å². The summed E-state index contributed by atoms with van der Waals surface area (Å²) < 4.78 is 0. The number of hydrogen-bond acceptors (Lipinski definition) is 2. The van der Waals surface area contributed by atoms with Crippen molar-refractivity contribution in [2.24, 2.45) is 17.6 Å². The summed E-state index contributed by atoms with van der Waals surface area (Å²) in [5, 5.41) is 0. The zero-order chi connectivity index (χ0) is 13.7. The van der Waals surface area contributed by atoms with Crippen molar-refractivity contribution in [1.82, 2.24) is 4.90 Å². The average molecular weight is 266 g/mol. The Bertz CT molecular complexity index is 284. The highest BCUT2D eigenvalue weighted by Gasteiger charge is 2.29. The maximum Gasteiger partial charge on any atom is 0.225 e. The van der Waals surface area contributed by atoms with Crippen molar-refractivity contribution in [2.75, 3.05) is 13.1 Å². The van der Waals surface area contributed by atoms with Gasteiger partial charge in [-0.1, -0.05) is 19.8 Å². The Morgan fingerprint density at radius 3 is 2.53 bits per heavy atom. The summed E-state index contributed by atoms with van der Waals surface area (Å²) in [5.41, 5.74) is 5.93. The first-order valence-electron chi connectivity index (χ1n) is 8.25. The summed E-state index contributed by atoms with van der Waals surface area (Å²) in [6, 6.07) is 0.335. The van der Waals surface area contributed by atoms with Gasteiger partial charge in [-0.25, -0.2) is 0 Å². The SMILES string of the molecule is CCCC1CCCN(C(=O)C2CCC(N)CC2)CC1. The van der Waals surface area contributed by atoms with Gasteiger partial charge in [-0.05, 0) is 50.9 Å². The molecule has 1 unspecified atom stereocenters. The van der Waals surface area contributed by atoms with Crippen LogP contribution < -0.4 is 5.73 Å². The fourth-order valence-corrected chi connectivity index (χ4v) is 3.71. The average Bonchev–Trinajstić information content (AvgIpc) is 2.65. The Labute approximate surface area is 117 Å². The molecule has 1 aliphatic heterocycles. The predicted octanol–water partition coefficient (Wildman–Crippen LogP) is 2.93. The predicted molar refractivity (Wildman–Crippen MR) is 78.8 cm³/mol. The number of nitrogens with zero attached hydrogens (tertiary/aromatic N) is 1. The highest BCUT2D eigenvalue weighted by atomic mass is 16.2. The van der Waals surface area contributed by atoms with Gasteiger partial charge >= 0.3 is 0 Å². The third kappa shape index (κ3) is 4.20. The van der Waals surface area contributed by atoms with Gasteiger partial charge in [0.15, 0.2) is 0 Å². The Balaban J connectivity index is 1.82. The summed E-state index contributed by atoms with van der Waals surface area (Å²) in [6.45, 7) is 4.24. The molecule has 0 radical (unpaired) electrons. The van der Waals surface area contributed by atoms with Gasteiger partial charge in [0, 0.05) is 25.0 Å². The van der Waals surface area contributed by atoms with Gasteiger partial charge in [-0.3, -0.25) is 4.79 Å². The van der Waals surface area contributed by atoms with E-state index in [-0.39, 0.29) is 5.92 Å². The summed E-state index contributed by atoms with van der Waals surface area (Å²) in [7, 11) is 0. The summed E-state index contributed by atoms with van der Waals surface area (Å²) >= 11 is 0. The lowest BCUT2D eigenvalue weighted by molar-refractivity contribution is -0.136. The molecule has 3 heteroatoms. The first-order valence-corrected chi connectivity index (χ1v) is 8.25. The molecular weight excluding hydrogens is 236 g/mol. The lowest BCUT2D eigenvalue weighted by atomic mass is 9.85. The fourth-order valence-electron chi connectivity index (χ4n) is 3.71. The molecule has 110 valence electrons. The number of likely N-dealkylation sites (tertiary alicyclic amines) is 1. The second-order valence-corrected chi connectivity index (χ2v) is 6.52. The molecule has 1 heterocycles. The molecule has 1 saturated heterocycles. The van der Waals surface area contributed by atoms with Crippen LogP contribution in [0.5, 0.6) is 0 Å². The number of nitrogens with two attached hydrogens (primary N) is 1. The van der Waals surface area contributed by atoms with Crippen molar-refractivity contribution in [3.8, 4) is 0 Å². The van der Waals surface area contributed by atoms with Crippen LogP contribution in [0.2, 0.25) is 0 Å². The second-order valence-electron chi connectivity index (χ2n) is 6.52. The topological polar surface area (TPSA) is 46.3 Å². The molecule has 2 aliphatic rings. The molecule has 3 nitrogen and oxygen atoms in total. The minimum Gasteiger partial charge on any atom is -0.342 e. The normalized spacial score (nSPS) is 32.9. The molecule has 1 aliphatic carbocycles. The van der Waals surface area contributed by atoms with Gasteiger partial charge < -0.3 is 10.6 Å². The van der Waals surface area contributed by atoms with Crippen molar-refractivity contribution in [1.29, 1.82) is 0 Å². The van der Waals surface area contributed by atoms with Crippen molar-refractivity contribution in [2.45, 2.75) is 70.8 Å². The minimum absolute atomic E-state index is 0.266. The molecule has 0 aromatic heterocycles. The molecule has 2 fully saturated rings. The zero-order valence-electron chi connectivity index (χ0n) is 12.4. The van der Waals surface area contributed by atoms with Crippen LogP contribution >= 0.6 is 0 Å². The maximum absolute atomic E-state index is 12.6. The van der Waals surface area contributed by atoms with Crippen LogP contribution in [-0.2, 0) is 4.79 Å². The quantitative estimate of drug-likeness (QED) is 0.853. The van der Waals surface area contributed by atoms with E-state index >= 15 is 0 Å². The van der Waals surface area contributed by atoms with E-state index < -0.39 is 0 Å². The van der Waals surface area contributed by atoms with Gasteiger partial charge in [0.2, 0.25) is 5.91 Å². The van der Waals surface area contributed by atoms with Crippen molar-refractivity contribution >= 4 is 5.91 Å². The Morgan fingerprint density at radius 2 is 1.84 bits per heavy atom. The molecular formula is C16H30N2O. The smallest absolute Gasteiger partial charge is 0.225 e. The van der Waals surface area contributed by atoms with Gasteiger partial charge in [-0.15, -0.1) is 0 Å². The molecule has 1 saturated carbocycles.